The molecular weight excluding hydrogens is 361 g/mol. The van der Waals surface area contributed by atoms with Gasteiger partial charge in [0, 0.05) is 13.2 Å². The zero-order chi connectivity index (χ0) is 19.9. The summed E-state index contributed by atoms with van der Waals surface area (Å²) in [6.45, 7) is 2.95. The quantitative estimate of drug-likeness (QED) is 0.475. The van der Waals surface area contributed by atoms with E-state index >= 15 is 0 Å². The van der Waals surface area contributed by atoms with Gasteiger partial charge in [-0.3, -0.25) is 0 Å². The second kappa shape index (κ2) is 9.60. The monoisotopic (exact) mass is 384 g/mol. The van der Waals surface area contributed by atoms with Gasteiger partial charge in [-0.2, -0.15) is 13.2 Å². The van der Waals surface area contributed by atoms with Crippen LogP contribution in [0.3, 0.4) is 0 Å². The van der Waals surface area contributed by atoms with Gasteiger partial charge in [0.05, 0.1) is 5.56 Å². The van der Waals surface area contributed by atoms with Crippen LogP contribution in [-0.4, -0.2) is 36.6 Å². The maximum Gasteiger partial charge on any atom is 0.425 e. The Morgan fingerprint density at radius 3 is 2.48 bits per heavy atom. The fraction of sp³-hybridized carbons (Fsp3) is 0.450. The Morgan fingerprint density at radius 1 is 1.07 bits per heavy atom. The first-order valence-corrected chi connectivity index (χ1v) is 8.89. The van der Waals surface area contributed by atoms with Gasteiger partial charge in [0.25, 0.3) is 0 Å². The lowest BCUT2D eigenvalue weighted by atomic mass is 10.1. The second-order valence-electron chi connectivity index (χ2n) is 6.23. The third-order valence-electron chi connectivity index (χ3n) is 4.13. The molecule has 0 aliphatic carbocycles. The number of hydrogen-bond donors (Lipinski definition) is 1. The number of carbonyl (C=O) groups excluding carboxylic acids is 1. The van der Waals surface area contributed by atoms with Crippen LogP contribution in [0.25, 0.3) is 10.8 Å². The molecule has 0 saturated heterocycles. The summed E-state index contributed by atoms with van der Waals surface area (Å²) in [5.74, 6) is -0.944. The summed E-state index contributed by atoms with van der Waals surface area (Å²) in [6, 6.07) is 8.93. The summed E-state index contributed by atoms with van der Waals surface area (Å²) in [5, 5.41) is 10.7. The molecule has 1 N–H and O–H groups in total. The Kier molecular flexibility index (Phi) is 7.47. The van der Waals surface area contributed by atoms with E-state index in [2.05, 4.69) is 0 Å². The molecule has 2 rings (SSSR count). The number of aromatic hydroxyl groups is 1. The summed E-state index contributed by atoms with van der Waals surface area (Å²) in [4.78, 5) is 12.2. The molecule has 1 atom stereocenters. The van der Waals surface area contributed by atoms with Crippen LogP contribution in [0, 0.1) is 0 Å². The number of halogens is 3. The zero-order valence-corrected chi connectivity index (χ0v) is 15.1. The largest absolute Gasteiger partial charge is 0.508 e. The van der Waals surface area contributed by atoms with Crippen LogP contribution >= 0.6 is 0 Å². The lowest BCUT2D eigenvalue weighted by Gasteiger charge is -2.20. The molecule has 2 aromatic rings. The molecule has 0 amide bonds. The fourth-order valence-corrected chi connectivity index (χ4v) is 2.70. The Hall–Kier alpha value is -2.28. The van der Waals surface area contributed by atoms with Crippen molar-refractivity contribution in [3.05, 3.63) is 42.0 Å². The molecule has 0 heterocycles. The van der Waals surface area contributed by atoms with Crippen molar-refractivity contribution in [1.29, 1.82) is 0 Å². The highest BCUT2D eigenvalue weighted by Gasteiger charge is 2.42. The topological polar surface area (TPSA) is 55.8 Å². The van der Waals surface area contributed by atoms with Crippen LogP contribution < -0.4 is 0 Å². The van der Waals surface area contributed by atoms with E-state index in [-0.39, 0.29) is 17.7 Å². The van der Waals surface area contributed by atoms with Gasteiger partial charge < -0.3 is 14.6 Å². The van der Waals surface area contributed by atoms with Crippen LogP contribution in [0.4, 0.5) is 13.2 Å². The Labute approximate surface area is 155 Å². The lowest BCUT2D eigenvalue weighted by molar-refractivity contribution is -0.206. The second-order valence-corrected chi connectivity index (χ2v) is 6.23. The summed E-state index contributed by atoms with van der Waals surface area (Å²) < 4.78 is 49.5. The van der Waals surface area contributed by atoms with Gasteiger partial charge in [0.2, 0.25) is 0 Å². The molecule has 0 bridgehead atoms. The summed E-state index contributed by atoms with van der Waals surface area (Å²) in [5.41, 5.74) is 0.0405. The Balaban J connectivity index is 1.99. The molecular formula is C20H23F3O4. The summed E-state index contributed by atoms with van der Waals surface area (Å²) >= 11 is 0. The number of esters is 1. The smallest absolute Gasteiger partial charge is 0.425 e. The van der Waals surface area contributed by atoms with E-state index in [1.807, 2.05) is 6.92 Å². The number of hydrogen-bond acceptors (Lipinski definition) is 4. The predicted octanol–water partition coefficient (Wildman–Crippen LogP) is 5.23. The molecule has 0 aliphatic heterocycles. The van der Waals surface area contributed by atoms with E-state index in [1.54, 1.807) is 12.1 Å². The number of carbonyl (C=O) groups is 1. The number of fused-ring (bicyclic) bond motifs is 1. The molecule has 27 heavy (non-hydrogen) atoms. The van der Waals surface area contributed by atoms with Crippen molar-refractivity contribution in [2.45, 2.75) is 44.9 Å². The molecule has 7 heteroatoms. The third-order valence-corrected chi connectivity index (χ3v) is 4.13. The van der Waals surface area contributed by atoms with Crippen molar-refractivity contribution >= 4 is 16.7 Å². The molecule has 0 spiro atoms. The van der Waals surface area contributed by atoms with E-state index in [0.29, 0.717) is 43.2 Å². The molecule has 0 saturated carbocycles. The molecule has 0 fully saturated rings. The highest BCUT2D eigenvalue weighted by molar-refractivity contribution is 5.95. The van der Waals surface area contributed by atoms with Gasteiger partial charge in [0.15, 0.2) is 6.10 Å². The molecule has 0 aromatic heterocycles. The highest BCUT2D eigenvalue weighted by Crippen LogP contribution is 2.28. The van der Waals surface area contributed by atoms with Crippen LogP contribution in [0.2, 0.25) is 0 Å². The molecule has 0 aliphatic rings. The lowest BCUT2D eigenvalue weighted by Crippen LogP contribution is -2.33. The van der Waals surface area contributed by atoms with Gasteiger partial charge in [-0.1, -0.05) is 18.6 Å². The number of rotatable bonds is 9. The van der Waals surface area contributed by atoms with E-state index in [1.165, 1.54) is 24.3 Å². The minimum Gasteiger partial charge on any atom is -0.508 e. The van der Waals surface area contributed by atoms with Gasteiger partial charge in [-0.15, -0.1) is 0 Å². The molecule has 1 unspecified atom stereocenters. The number of ether oxygens (including phenoxy) is 2. The van der Waals surface area contributed by atoms with Crippen molar-refractivity contribution in [2.24, 2.45) is 0 Å². The summed E-state index contributed by atoms with van der Waals surface area (Å²) in [7, 11) is 0. The van der Waals surface area contributed by atoms with Crippen LogP contribution in [0.5, 0.6) is 5.75 Å². The maximum absolute atomic E-state index is 13.2. The minimum atomic E-state index is -4.61. The first-order valence-electron chi connectivity index (χ1n) is 8.89. The third kappa shape index (κ3) is 6.43. The molecule has 4 nitrogen and oxygen atoms in total. The SMILES string of the molecule is CCOCCCCCC(OC(=O)c1ccc2cc(O)ccc2c1)C(F)(F)F. The van der Waals surface area contributed by atoms with Crippen LogP contribution in [-0.2, 0) is 9.47 Å². The van der Waals surface area contributed by atoms with Gasteiger partial charge in [-0.25, -0.2) is 4.79 Å². The molecule has 2 aromatic carbocycles. The van der Waals surface area contributed by atoms with Crippen molar-refractivity contribution in [2.75, 3.05) is 13.2 Å². The van der Waals surface area contributed by atoms with Crippen LogP contribution in [0.15, 0.2) is 36.4 Å². The van der Waals surface area contributed by atoms with Crippen molar-refractivity contribution in [3.63, 3.8) is 0 Å². The fourth-order valence-electron chi connectivity index (χ4n) is 2.70. The normalized spacial score (nSPS) is 12.9. The van der Waals surface area contributed by atoms with E-state index in [9.17, 15) is 23.1 Å². The van der Waals surface area contributed by atoms with Crippen molar-refractivity contribution in [3.8, 4) is 5.75 Å². The molecule has 148 valence electrons. The number of benzene rings is 2. The number of alkyl halides is 3. The average Bonchev–Trinajstić information content (AvgIpc) is 2.62. The van der Waals surface area contributed by atoms with Gasteiger partial charge in [-0.05, 0) is 61.2 Å². The first-order chi connectivity index (χ1) is 12.8. The van der Waals surface area contributed by atoms with E-state index in [4.69, 9.17) is 9.47 Å². The first kappa shape index (κ1) is 21.0. The number of phenols is 1. The van der Waals surface area contributed by atoms with Crippen molar-refractivity contribution < 1.29 is 32.5 Å². The standard InChI is InChI=1S/C20H23F3O4/c1-2-26-11-5-3-4-6-18(20(21,22)23)27-19(25)16-8-7-15-13-17(24)10-9-14(15)12-16/h7-10,12-13,18,24H,2-6,11H2,1H3. The Bertz CT molecular complexity index is 758. The van der Waals surface area contributed by atoms with Gasteiger partial charge >= 0.3 is 12.1 Å². The summed E-state index contributed by atoms with van der Waals surface area (Å²) in [6.07, 6.45) is -5.48. The minimum absolute atomic E-state index is 0.0405. The number of unbranched alkanes of at least 4 members (excludes halogenated alkanes) is 2. The van der Waals surface area contributed by atoms with E-state index in [0.717, 1.165) is 0 Å². The maximum atomic E-state index is 13.2. The van der Waals surface area contributed by atoms with Crippen molar-refractivity contribution in [1.82, 2.24) is 0 Å². The van der Waals surface area contributed by atoms with E-state index < -0.39 is 18.2 Å². The molecule has 0 radical (unpaired) electrons. The number of phenolic OH excluding ortho intramolecular Hbond substituents is 1. The van der Waals surface area contributed by atoms with Crippen LogP contribution in [0.1, 0.15) is 43.0 Å². The predicted molar refractivity (Wildman–Crippen MR) is 95.8 cm³/mol. The average molecular weight is 384 g/mol. The zero-order valence-electron chi connectivity index (χ0n) is 15.1. The van der Waals surface area contributed by atoms with Gasteiger partial charge in [0.1, 0.15) is 5.75 Å². The highest BCUT2D eigenvalue weighted by atomic mass is 19.4. The Morgan fingerprint density at radius 2 is 1.78 bits per heavy atom.